The first-order valence-corrected chi connectivity index (χ1v) is 5.34. The fourth-order valence-corrected chi connectivity index (χ4v) is 1.05. The second-order valence-corrected chi connectivity index (χ2v) is 3.25. The van der Waals surface area contributed by atoms with E-state index < -0.39 is 0 Å². The predicted octanol–water partition coefficient (Wildman–Crippen LogP) is 1.12. The zero-order chi connectivity index (χ0) is 10.6. The van der Waals surface area contributed by atoms with E-state index in [1.54, 1.807) is 7.11 Å². The van der Waals surface area contributed by atoms with E-state index in [2.05, 4.69) is 17.2 Å². The number of methoxy groups -OCH3 is 1. The van der Waals surface area contributed by atoms with E-state index in [9.17, 15) is 0 Å². The molecule has 0 unspecified atom stereocenters. The lowest BCUT2D eigenvalue weighted by Crippen LogP contribution is -2.32. The Hall–Kier alpha value is -0.770. The molecule has 0 saturated carbocycles. The van der Waals surface area contributed by atoms with Crippen LogP contribution in [0.2, 0.25) is 0 Å². The maximum absolute atomic E-state index is 5.61. The summed E-state index contributed by atoms with van der Waals surface area (Å²) in [5.74, 6) is 0.568. The first kappa shape index (κ1) is 13.2. The number of nitrogens with one attached hydrogen (secondary N) is 1. The Morgan fingerprint density at radius 3 is 2.79 bits per heavy atom. The van der Waals surface area contributed by atoms with Crippen molar-refractivity contribution in [2.45, 2.75) is 32.6 Å². The van der Waals surface area contributed by atoms with E-state index in [0.717, 1.165) is 39.0 Å². The molecule has 0 aromatic heterocycles. The summed E-state index contributed by atoms with van der Waals surface area (Å²) in [6.45, 7) is 4.65. The van der Waals surface area contributed by atoms with E-state index >= 15 is 0 Å². The summed E-state index contributed by atoms with van der Waals surface area (Å²) in [7, 11) is 1.73. The number of nitrogens with zero attached hydrogens (tertiary/aromatic N) is 1. The summed E-state index contributed by atoms with van der Waals surface area (Å²) in [5, 5.41) is 3.08. The molecule has 0 radical (unpaired) electrons. The lowest BCUT2D eigenvalue weighted by atomic mass is 10.2. The van der Waals surface area contributed by atoms with Gasteiger partial charge in [-0.25, -0.2) is 0 Å². The van der Waals surface area contributed by atoms with Gasteiger partial charge in [-0.15, -0.1) is 0 Å². The van der Waals surface area contributed by atoms with Gasteiger partial charge >= 0.3 is 0 Å². The van der Waals surface area contributed by atoms with Crippen LogP contribution in [0.1, 0.15) is 32.6 Å². The topological polar surface area (TPSA) is 59.6 Å². The standard InChI is InChI=1S/C10H23N3O/c1-3-7-12-10(11)13-8-5-4-6-9-14-2/h3-9H2,1-2H3,(H3,11,12,13). The summed E-state index contributed by atoms with van der Waals surface area (Å²) in [4.78, 5) is 4.14. The highest BCUT2D eigenvalue weighted by molar-refractivity contribution is 5.77. The molecule has 4 heteroatoms. The van der Waals surface area contributed by atoms with Crippen molar-refractivity contribution in [1.29, 1.82) is 0 Å². The SMILES string of the molecule is CCCN=C(N)NCCCCCOC. The summed E-state index contributed by atoms with van der Waals surface area (Å²) in [6.07, 6.45) is 4.44. The number of rotatable bonds is 8. The van der Waals surface area contributed by atoms with Crippen LogP contribution in [0.4, 0.5) is 0 Å². The average molecular weight is 201 g/mol. The molecule has 0 heterocycles. The number of nitrogens with two attached hydrogens (primary N) is 1. The molecule has 0 aromatic carbocycles. The molecule has 4 nitrogen and oxygen atoms in total. The summed E-state index contributed by atoms with van der Waals surface area (Å²) < 4.78 is 4.95. The highest BCUT2D eigenvalue weighted by atomic mass is 16.5. The van der Waals surface area contributed by atoms with Crippen LogP contribution in [0.25, 0.3) is 0 Å². The minimum absolute atomic E-state index is 0.568. The molecule has 3 N–H and O–H groups in total. The zero-order valence-corrected chi connectivity index (χ0v) is 9.38. The van der Waals surface area contributed by atoms with Crippen LogP contribution in [0.5, 0.6) is 0 Å². The lowest BCUT2D eigenvalue weighted by Gasteiger charge is -2.04. The third-order valence-corrected chi connectivity index (χ3v) is 1.84. The maximum atomic E-state index is 5.61. The van der Waals surface area contributed by atoms with Crippen molar-refractivity contribution in [2.24, 2.45) is 10.7 Å². The van der Waals surface area contributed by atoms with Crippen LogP contribution in [0, 0.1) is 0 Å². The summed E-state index contributed by atoms with van der Waals surface area (Å²) >= 11 is 0. The molecule has 0 amide bonds. The highest BCUT2D eigenvalue weighted by Crippen LogP contribution is 1.93. The van der Waals surface area contributed by atoms with Gasteiger partial charge in [0.2, 0.25) is 0 Å². The van der Waals surface area contributed by atoms with Crippen LogP contribution in [0.3, 0.4) is 0 Å². The highest BCUT2D eigenvalue weighted by Gasteiger charge is 1.91. The quantitative estimate of drug-likeness (QED) is 0.351. The number of hydrogen-bond donors (Lipinski definition) is 2. The number of hydrogen-bond acceptors (Lipinski definition) is 2. The van der Waals surface area contributed by atoms with Crippen molar-refractivity contribution < 1.29 is 4.74 Å². The van der Waals surface area contributed by atoms with Crippen molar-refractivity contribution in [1.82, 2.24) is 5.32 Å². The number of aliphatic imine (C=N–C) groups is 1. The third kappa shape index (κ3) is 9.32. The molecular formula is C10H23N3O. The molecular weight excluding hydrogens is 178 g/mol. The van der Waals surface area contributed by atoms with Crippen molar-refractivity contribution in [2.75, 3.05) is 26.8 Å². The Kier molecular flexibility index (Phi) is 9.74. The molecule has 0 aliphatic heterocycles. The third-order valence-electron chi connectivity index (χ3n) is 1.84. The first-order chi connectivity index (χ1) is 6.81. The molecule has 0 spiro atoms. The van der Waals surface area contributed by atoms with Crippen molar-refractivity contribution in [3.63, 3.8) is 0 Å². The van der Waals surface area contributed by atoms with Gasteiger partial charge in [0.25, 0.3) is 0 Å². The Labute approximate surface area is 86.9 Å². The van der Waals surface area contributed by atoms with Crippen molar-refractivity contribution in [3.05, 3.63) is 0 Å². The molecule has 0 aliphatic carbocycles. The zero-order valence-electron chi connectivity index (χ0n) is 9.38. The van der Waals surface area contributed by atoms with Gasteiger partial charge in [-0.3, -0.25) is 4.99 Å². The van der Waals surface area contributed by atoms with Crippen molar-refractivity contribution >= 4 is 5.96 Å². The van der Waals surface area contributed by atoms with E-state index in [1.807, 2.05) is 0 Å². The number of guanidine groups is 1. The Bertz CT molecular complexity index is 148. The summed E-state index contributed by atoms with van der Waals surface area (Å²) in [5.41, 5.74) is 5.61. The van der Waals surface area contributed by atoms with Gasteiger partial charge < -0.3 is 15.8 Å². The minimum Gasteiger partial charge on any atom is -0.385 e. The Morgan fingerprint density at radius 1 is 1.36 bits per heavy atom. The minimum atomic E-state index is 0.568. The molecule has 0 aromatic rings. The van der Waals surface area contributed by atoms with E-state index in [4.69, 9.17) is 10.5 Å². The second-order valence-electron chi connectivity index (χ2n) is 3.25. The molecule has 0 rings (SSSR count). The van der Waals surface area contributed by atoms with E-state index in [0.29, 0.717) is 5.96 Å². The lowest BCUT2D eigenvalue weighted by molar-refractivity contribution is 0.192. The van der Waals surface area contributed by atoms with Crippen molar-refractivity contribution in [3.8, 4) is 0 Å². The monoisotopic (exact) mass is 201 g/mol. The van der Waals surface area contributed by atoms with Crippen LogP contribution in [-0.4, -0.2) is 32.8 Å². The van der Waals surface area contributed by atoms with Gasteiger partial charge in [0.15, 0.2) is 5.96 Å². The Balaban J connectivity index is 3.18. The van der Waals surface area contributed by atoms with Gasteiger partial charge in [0.1, 0.15) is 0 Å². The van der Waals surface area contributed by atoms with E-state index in [-0.39, 0.29) is 0 Å². The molecule has 84 valence electrons. The van der Waals surface area contributed by atoms with E-state index in [1.165, 1.54) is 6.42 Å². The average Bonchev–Trinajstić information content (AvgIpc) is 2.20. The molecule has 0 aliphatic rings. The van der Waals surface area contributed by atoms with Crippen LogP contribution in [0.15, 0.2) is 4.99 Å². The number of unbranched alkanes of at least 4 members (excludes halogenated alkanes) is 2. The molecule has 14 heavy (non-hydrogen) atoms. The molecule has 0 saturated heterocycles. The van der Waals surface area contributed by atoms with Crippen LogP contribution in [-0.2, 0) is 4.74 Å². The molecule has 0 atom stereocenters. The van der Waals surface area contributed by atoms with Gasteiger partial charge in [0, 0.05) is 26.8 Å². The predicted molar refractivity (Wildman–Crippen MR) is 60.5 cm³/mol. The smallest absolute Gasteiger partial charge is 0.188 e. The maximum Gasteiger partial charge on any atom is 0.188 e. The largest absolute Gasteiger partial charge is 0.385 e. The number of ether oxygens (including phenoxy) is 1. The van der Waals surface area contributed by atoms with Gasteiger partial charge in [-0.2, -0.15) is 0 Å². The van der Waals surface area contributed by atoms with Gasteiger partial charge in [0.05, 0.1) is 0 Å². The Morgan fingerprint density at radius 2 is 2.14 bits per heavy atom. The normalized spacial score (nSPS) is 11.7. The van der Waals surface area contributed by atoms with Crippen LogP contribution < -0.4 is 11.1 Å². The van der Waals surface area contributed by atoms with Crippen LogP contribution >= 0.6 is 0 Å². The van der Waals surface area contributed by atoms with Gasteiger partial charge in [-0.1, -0.05) is 6.92 Å². The summed E-state index contributed by atoms with van der Waals surface area (Å²) in [6, 6.07) is 0. The second kappa shape index (κ2) is 10.3. The molecule has 0 bridgehead atoms. The van der Waals surface area contributed by atoms with Gasteiger partial charge in [-0.05, 0) is 25.7 Å². The molecule has 0 fully saturated rings. The first-order valence-electron chi connectivity index (χ1n) is 5.34. The fourth-order valence-electron chi connectivity index (χ4n) is 1.05. The fraction of sp³-hybridized carbons (Fsp3) is 0.900.